The highest BCUT2D eigenvalue weighted by Crippen LogP contribution is 2.27. The highest BCUT2D eigenvalue weighted by atomic mass is 16.2. The number of anilines is 1. The summed E-state index contributed by atoms with van der Waals surface area (Å²) in [6.45, 7) is 2.26. The molecule has 1 fully saturated rings. The number of pyridine rings is 1. The lowest BCUT2D eigenvalue weighted by molar-refractivity contribution is 0.0672. The van der Waals surface area contributed by atoms with Crippen LogP contribution >= 0.6 is 0 Å². The lowest BCUT2D eigenvalue weighted by atomic mass is 9.86. The van der Waals surface area contributed by atoms with Crippen LogP contribution in [0.2, 0.25) is 0 Å². The van der Waals surface area contributed by atoms with Crippen LogP contribution in [0.15, 0.2) is 18.3 Å². The quantitative estimate of drug-likeness (QED) is 0.646. The van der Waals surface area contributed by atoms with Gasteiger partial charge in [-0.3, -0.25) is 4.79 Å². The summed E-state index contributed by atoms with van der Waals surface area (Å²) in [6.07, 6.45) is 6.26. The minimum absolute atomic E-state index is 0.0398. The molecule has 2 atom stereocenters. The van der Waals surface area contributed by atoms with Gasteiger partial charge in [-0.05, 0) is 30.9 Å². The van der Waals surface area contributed by atoms with Crippen molar-refractivity contribution in [1.29, 1.82) is 0 Å². The van der Waals surface area contributed by atoms with Crippen molar-refractivity contribution in [3.05, 3.63) is 23.9 Å². The summed E-state index contributed by atoms with van der Waals surface area (Å²) in [7, 11) is 1.89. The Kier molecular flexibility index (Phi) is 4.37. The van der Waals surface area contributed by atoms with Crippen LogP contribution in [0.25, 0.3) is 0 Å². The third kappa shape index (κ3) is 3.23. The second kappa shape index (κ2) is 6.02. The maximum atomic E-state index is 12.4. The lowest BCUT2D eigenvalue weighted by Crippen LogP contribution is -2.39. The zero-order valence-corrected chi connectivity index (χ0v) is 11.6. The molecular formula is C14H22N4O. The van der Waals surface area contributed by atoms with E-state index in [2.05, 4.69) is 17.3 Å². The number of hydrazine groups is 1. The maximum Gasteiger partial charge on any atom is 0.254 e. The Morgan fingerprint density at radius 1 is 1.53 bits per heavy atom. The Balaban J connectivity index is 2.09. The van der Waals surface area contributed by atoms with Crippen molar-refractivity contribution < 1.29 is 4.79 Å². The fourth-order valence-electron chi connectivity index (χ4n) is 2.77. The van der Waals surface area contributed by atoms with Gasteiger partial charge >= 0.3 is 0 Å². The van der Waals surface area contributed by atoms with Crippen LogP contribution < -0.4 is 11.3 Å². The first kappa shape index (κ1) is 13.8. The SMILES string of the molecule is CC1CCCC(N(C)C(=O)c2ccnc(NN)c2)C1. The van der Waals surface area contributed by atoms with E-state index in [0.29, 0.717) is 23.3 Å². The second-order valence-electron chi connectivity index (χ2n) is 5.42. The van der Waals surface area contributed by atoms with Crippen LogP contribution in [-0.2, 0) is 0 Å². The largest absolute Gasteiger partial charge is 0.339 e. The van der Waals surface area contributed by atoms with Gasteiger partial charge in [0.05, 0.1) is 0 Å². The molecule has 1 saturated carbocycles. The van der Waals surface area contributed by atoms with Crippen molar-refractivity contribution >= 4 is 11.7 Å². The molecule has 1 aliphatic rings. The first-order chi connectivity index (χ1) is 9.11. The average molecular weight is 262 g/mol. The highest BCUT2D eigenvalue weighted by molar-refractivity contribution is 5.94. The van der Waals surface area contributed by atoms with Crippen LogP contribution in [0.3, 0.4) is 0 Å². The Bertz CT molecular complexity index is 449. The summed E-state index contributed by atoms with van der Waals surface area (Å²) in [6, 6.07) is 3.76. The fraction of sp³-hybridized carbons (Fsp3) is 0.571. The fourth-order valence-corrected chi connectivity index (χ4v) is 2.77. The van der Waals surface area contributed by atoms with Crippen molar-refractivity contribution in [1.82, 2.24) is 9.88 Å². The van der Waals surface area contributed by atoms with Crippen molar-refractivity contribution in [3.8, 4) is 0 Å². The van der Waals surface area contributed by atoms with E-state index in [1.54, 1.807) is 18.3 Å². The summed E-state index contributed by atoms with van der Waals surface area (Å²) >= 11 is 0. The van der Waals surface area contributed by atoms with Crippen LogP contribution in [0.5, 0.6) is 0 Å². The third-order valence-corrected chi connectivity index (χ3v) is 3.93. The van der Waals surface area contributed by atoms with Crippen molar-refractivity contribution in [3.63, 3.8) is 0 Å². The topological polar surface area (TPSA) is 71.2 Å². The maximum absolute atomic E-state index is 12.4. The number of carbonyl (C=O) groups is 1. The van der Waals surface area contributed by atoms with Crippen LogP contribution in [-0.4, -0.2) is 28.9 Å². The summed E-state index contributed by atoms with van der Waals surface area (Å²) in [5.74, 6) is 6.57. The summed E-state index contributed by atoms with van der Waals surface area (Å²) in [5.41, 5.74) is 3.09. The molecule has 1 aliphatic carbocycles. The molecule has 2 unspecified atom stereocenters. The van der Waals surface area contributed by atoms with E-state index < -0.39 is 0 Å². The molecule has 0 aliphatic heterocycles. The van der Waals surface area contributed by atoms with E-state index >= 15 is 0 Å². The van der Waals surface area contributed by atoms with E-state index in [4.69, 9.17) is 5.84 Å². The van der Waals surface area contributed by atoms with Gasteiger partial charge in [0.2, 0.25) is 0 Å². The number of nitrogen functional groups attached to an aromatic ring is 1. The molecule has 5 heteroatoms. The van der Waals surface area contributed by atoms with Crippen LogP contribution in [0.1, 0.15) is 43.0 Å². The normalized spacial score (nSPS) is 22.9. The standard InChI is InChI=1S/C14H22N4O/c1-10-4-3-5-12(8-10)18(2)14(19)11-6-7-16-13(9-11)17-15/h6-7,9-10,12H,3-5,8,15H2,1-2H3,(H,16,17). The molecule has 0 spiro atoms. The van der Waals surface area contributed by atoms with Gasteiger partial charge in [0.25, 0.3) is 5.91 Å². The first-order valence-corrected chi connectivity index (χ1v) is 6.81. The molecule has 0 radical (unpaired) electrons. The number of carbonyl (C=O) groups excluding carboxylic acids is 1. The molecule has 19 heavy (non-hydrogen) atoms. The molecule has 0 aromatic carbocycles. The number of amides is 1. The summed E-state index contributed by atoms with van der Waals surface area (Å²) in [5, 5.41) is 0. The molecule has 2 rings (SSSR count). The zero-order chi connectivity index (χ0) is 13.8. The number of hydrogen-bond acceptors (Lipinski definition) is 4. The molecule has 5 nitrogen and oxygen atoms in total. The second-order valence-corrected chi connectivity index (χ2v) is 5.42. The Morgan fingerprint density at radius 3 is 3.00 bits per heavy atom. The van der Waals surface area contributed by atoms with Gasteiger partial charge in [-0.15, -0.1) is 0 Å². The number of nitrogens with two attached hydrogens (primary N) is 1. The molecule has 104 valence electrons. The molecule has 0 bridgehead atoms. The van der Waals surface area contributed by atoms with E-state index in [-0.39, 0.29) is 5.91 Å². The molecule has 0 saturated heterocycles. The van der Waals surface area contributed by atoms with Gasteiger partial charge in [-0.1, -0.05) is 19.8 Å². The van der Waals surface area contributed by atoms with Gasteiger partial charge in [-0.25, -0.2) is 10.8 Å². The average Bonchev–Trinajstić information content (AvgIpc) is 2.45. The summed E-state index contributed by atoms with van der Waals surface area (Å²) in [4.78, 5) is 18.3. The number of hydrogen-bond donors (Lipinski definition) is 2. The Morgan fingerprint density at radius 2 is 2.32 bits per heavy atom. The molecular weight excluding hydrogens is 240 g/mol. The summed E-state index contributed by atoms with van der Waals surface area (Å²) < 4.78 is 0. The predicted molar refractivity (Wildman–Crippen MR) is 75.6 cm³/mol. The van der Waals surface area contributed by atoms with E-state index in [9.17, 15) is 4.79 Å². The molecule has 1 aromatic heterocycles. The minimum atomic E-state index is 0.0398. The van der Waals surface area contributed by atoms with Gasteiger partial charge in [0.1, 0.15) is 5.82 Å². The number of nitrogens with zero attached hydrogens (tertiary/aromatic N) is 2. The smallest absolute Gasteiger partial charge is 0.254 e. The number of rotatable bonds is 3. The van der Waals surface area contributed by atoms with Crippen molar-refractivity contribution in [2.24, 2.45) is 11.8 Å². The van der Waals surface area contributed by atoms with Crippen molar-refractivity contribution in [2.45, 2.75) is 38.6 Å². The van der Waals surface area contributed by atoms with E-state index in [0.717, 1.165) is 12.8 Å². The minimum Gasteiger partial charge on any atom is -0.339 e. The van der Waals surface area contributed by atoms with Crippen molar-refractivity contribution in [2.75, 3.05) is 12.5 Å². The van der Waals surface area contributed by atoms with Gasteiger partial charge in [-0.2, -0.15) is 0 Å². The van der Waals surface area contributed by atoms with Gasteiger partial charge in [0.15, 0.2) is 0 Å². The Labute approximate surface area is 114 Å². The van der Waals surface area contributed by atoms with Gasteiger partial charge in [0, 0.05) is 24.8 Å². The predicted octanol–water partition coefficient (Wildman–Crippen LogP) is 2.02. The van der Waals surface area contributed by atoms with Crippen LogP contribution in [0, 0.1) is 5.92 Å². The van der Waals surface area contributed by atoms with E-state index in [1.165, 1.54) is 12.8 Å². The third-order valence-electron chi connectivity index (χ3n) is 3.93. The molecule has 1 aromatic rings. The monoisotopic (exact) mass is 262 g/mol. The highest BCUT2D eigenvalue weighted by Gasteiger charge is 2.26. The lowest BCUT2D eigenvalue weighted by Gasteiger charge is -2.34. The zero-order valence-electron chi connectivity index (χ0n) is 11.6. The first-order valence-electron chi connectivity index (χ1n) is 6.81. The van der Waals surface area contributed by atoms with Gasteiger partial charge < -0.3 is 10.3 Å². The number of nitrogens with one attached hydrogen (secondary N) is 1. The molecule has 1 amide bonds. The Hall–Kier alpha value is -1.62. The van der Waals surface area contributed by atoms with Crippen LogP contribution in [0.4, 0.5) is 5.82 Å². The molecule has 1 heterocycles. The molecule has 3 N–H and O–H groups in total. The number of aromatic nitrogens is 1. The van der Waals surface area contributed by atoms with E-state index in [1.807, 2.05) is 11.9 Å².